The third-order valence-electron chi connectivity index (χ3n) is 12.6. The molecule has 0 radical (unpaired) electrons. The van der Waals surface area contributed by atoms with Crippen molar-refractivity contribution in [1.82, 2.24) is 14.7 Å². The molecule has 0 aliphatic heterocycles. The van der Waals surface area contributed by atoms with Crippen LogP contribution in [0.3, 0.4) is 0 Å². The molecule has 0 bridgehead atoms. The Labute approximate surface area is 389 Å². The highest BCUT2D eigenvalue weighted by atomic mass is 16.5. The number of amides is 2. The molecule has 2 unspecified atom stereocenters. The monoisotopic (exact) mass is 894 g/mol. The SMILES string of the molecule is CCCCCCC(CCCC)C(=O)N(CCCCCC)CCCCOC(=O)CCN(CCCO)CCC(=O)OCCCCN(CCCCCC)C(=O)C(CCCC)CCCCCC. The molecule has 0 aliphatic carbocycles. The van der Waals surface area contributed by atoms with E-state index in [2.05, 4.69) is 51.3 Å². The second kappa shape index (κ2) is 45.0. The summed E-state index contributed by atoms with van der Waals surface area (Å²) in [7, 11) is 0. The smallest absolute Gasteiger partial charge is 0.307 e. The van der Waals surface area contributed by atoms with Gasteiger partial charge in [0.1, 0.15) is 0 Å². The lowest BCUT2D eigenvalue weighted by atomic mass is 9.93. The van der Waals surface area contributed by atoms with E-state index in [0.717, 1.165) is 116 Å². The number of nitrogens with zero attached hydrogens (tertiary/aromatic N) is 3. The number of esters is 2. The van der Waals surface area contributed by atoms with E-state index in [1.165, 1.54) is 64.2 Å². The van der Waals surface area contributed by atoms with Gasteiger partial charge in [-0.25, -0.2) is 0 Å². The minimum Gasteiger partial charge on any atom is -0.466 e. The molecule has 0 spiro atoms. The Morgan fingerprint density at radius 2 is 0.714 bits per heavy atom. The summed E-state index contributed by atoms with van der Waals surface area (Å²) < 4.78 is 11.2. The molecule has 0 aliphatic rings. The van der Waals surface area contributed by atoms with Crippen LogP contribution in [0, 0.1) is 11.8 Å². The van der Waals surface area contributed by atoms with Crippen LogP contribution in [0.25, 0.3) is 0 Å². The van der Waals surface area contributed by atoms with Gasteiger partial charge in [0.25, 0.3) is 0 Å². The highest BCUT2D eigenvalue weighted by Gasteiger charge is 2.25. The van der Waals surface area contributed by atoms with E-state index in [0.29, 0.717) is 77.0 Å². The average Bonchev–Trinajstić information content (AvgIpc) is 3.28. The third kappa shape index (κ3) is 34.8. The molecular weight excluding hydrogens is 791 g/mol. The third-order valence-corrected chi connectivity index (χ3v) is 12.6. The Morgan fingerprint density at radius 3 is 1.06 bits per heavy atom. The summed E-state index contributed by atoms with van der Waals surface area (Å²) in [6, 6.07) is 0. The van der Waals surface area contributed by atoms with E-state index in [4.69, 9.17) is 9.47 Å². The van der Waals surface area contributed by atoms with Gasteiger partial charge in [0, 0.05) is 64.3 Å². The Hall–Kier alpha value is -2.20. The lowest BCUT2D eigenvalue weighted by Gasteiger charge is -2.28. The van der Waals surface area contributed by atoms with Gasteiger partial charge in [-0.15, -0.1) is 0 Å². The molecular formula is C53H103N3O7. The molecule has 0 aromatic rings. The Bertz CT molecular complexity index is 997. The van der Waals surface area contributed by atoms with Crippen LogP contribution in [-0.4, -0.2) is 109 Å². The molecule has 10 nitrogen and oxygen atoms in total. The Morgan fingerprint density at radius 1 is 0.381 bits per heavy atom. The maximum atomic E-state index is 13.8. The number of unbranched alkanes of at least 4 members (excludes halogenated alkanes) is 16. The van der Waals surface area contributed by atoms with Gasteiger partial charge in [-0.05, 0) is 70.6 Å². The maximum Gasteiger partial charge on any atom is 0.307 e. The summed E-state index contributed by atoms with van der Waals surface area (Å²) in [6.07, 6.45) is 30.9. The van der Waals surface area contributed by atoms with Gasteiger partial charge in [-0.3, -0.25) is 19.2 Å². The second-order valence-electron chi connectivity index (χ2n) is 18.4. The zero-order valence-corrected chi connectivity index (χ0v) is 42.4. The summed E-state index contributed by atoms with van der Waals surface area (Å²) in [6.45, 7) is 18.5. The van der Waals surface area contributed by atoms with Crippen LogP contribution in [0.2, 0.25) is 0 Å². The summed E-state index contributed by atoms with van der Waals surface area (Å²) >= 11 is 0. The second-order valence-corrected chi connectivity index (χ2v) is 18.4. The van der Waals surface area contributed by atoms with Gasteiger partial charge < -0.3 is 29.3 Å². The number of carbonyl (C=O) groups is 4. The van der Waals surface area contributed by atoms with Crippen LogP contribution in [0.1, 0.15) is 241 Å². The lowest BCUT2D eigenvalue weighted by molar-refractivity contribution is -0.145. The van der Waals surface area contributed by atoms with Crippen LogP contribution in [-0.2, 0) is 28.7 Å². The first-order chi connectivity index (χ1) is 30.7. The van der Waals surface area contributed by atoms with E-state index in [-0.39, 0.29) is 43.2 Å². The van der Waals surface area contributed by atoms with E-state index in [1.807, 2.05) is 4.90 Å². The molecule has 372 valence electrons. The molecule has 0 aromatic heterocycles. The van der Waals surface area contributed by atoms with Crippen molar-refractivity contribution in [1.29, 1.82) is 0 Å². The summed E-state index contributed by atoms with van der Waals surface area (Å²) in [5, 5.41) is 9.49. The highest BCUT2D eigenvalue weighted by Crippen LogP contribution is 2.23. The fraction of sp³-hybridized carbons (Fsp3) is 0.925. The first-order valence-electron chi connectivity index (χ1n) is 26.9. The number of carbonyl (C=O) groups excluding carboxylic acids is 4. The minimum absolute atomic E-state index is 0.0397. The molecule has 63 heavy (non-hydrogen) atoms. The number of rotatable bonds is 47. The summed E-state index contributed by atoms with van der Waals surface area (Å²) in [5.41, 5.74) is 0. The van der Waals surface area contributed by atoms with Gasteiger partial charge >= 0.3 is 11.9 Å². The number of ether oxygens (including phenoxy) is 2. The Kier molecular flexibility index (Phi) is 43.4. The largest absolute Gasteiger partial charge is 0.466 e. The lowest BCUT2D eigenvalue weighted by Crippen LogP contribution is -2.38. The summed E-state index contributed by atoms with van der Waals surface area (Å²) in [4.78, 5) is 59.3. The minimum atomic E-state index is -0.267. The van der Waals surface area contributed by atoms with Crippen molar-refractivity contribution >= 4 is 23.8 Å². The van der Waals surface area contributed by atoms with Crippen LogP contribution < -0.4 is 0 Å². The quantitative estimate of drug-likeness (QED) is 0.0474. The van der Waals surface area contributed by atoms with Crippen molar-refractivity contribution in [2.24, 2.45) is 11.8 Å². The fourth-order valence-electron chi connectivity index (χ4n) is 8.41. The van der Waals surface area contributed by atoms with Gasteiger partial charge in [0.2, 0.25) is 11.8 Å². The first-order valence-corrected chi connectivity index (χ1v) is 26.9. The van der Waals surface area contributed by atoms with Crippen molar-refractivity contribution in [3.63, 3.8) is 0 Å². The van der Waals surface area contributed by atoms with E-state index < -0.39 is 0 Å². The molecule has 0 rings (SSSR count). The van der Waals surface area contributed by atoms with Gasteiger partial charge in [-0.1, -0.05) is 157 Å². The van der Waals surface area contributed by atoms with Crippen LogP contribution in [0.4, 0.5) is 0 Å². The van der Waals surface area contributed by atoms with Crippen molar-refractivity contribution in [3.05, 3.63) is 0 Å². The first kappa shape index (κ1) is 60.8. The van der Waals surface area contributed by atoms with Crippen molar-refractivity contribution in [3.8, 4) is 0 Å². The molecule has 0 saturated heterocycles. The topological polar surface area (TPSA) is 117 Å². The zero-order valence-electron chi connectivity index (χ0n) is 42.4. The maximum absolute atomic E-state index is 13.8. The zero-order chi connectivity index (χ0) is 46.6. The van der Waals surface area contributed by atoms with E-state index >= 15 is 0 Å². The molecule has 2 atom stereocenters. The van der Waals surface area contributed by atoms with Gasteiger partial charge in [0.15, 0.2) is 0 Å². The normalized spacial score (nSPS) is 12.4. The van der Waals surface area contributed by atoms with Gasteiger partial charge in [0.05, 0.1) is 26.1 Å². The summed E-state index contributed by atoms with van der Waals surface area (Å²) in [5.74, 6) is 0.339. The number of hydrogen-bond donors (Lipinski definition) is 1. The molecule has 1 N–H and O–H groups in total. The Balaban J connectivity index is 4.90. The number of aliphatic hydroxyl groups excluding tert-OH is 1. The van der Waals surface area contributed by atoms with Crippen molar-refractivity contribution in [2.45, 2.75) is 241 Å². The predicted octanol–water partition coefficient (Wildman–Crippen LogP) is 12.5. The van der Waals surface area contributed by atoms with Crippen LogP contribution in [0.15, 0.2) is 0 Å². The van der Waals surface area contributed by atoms with E-state index in [1.54, 1.807) is 0 Å². The molecule has 0 fully saturated rings. The predicted molar refractivity (Wildman–Crippen MR) is 263 cm³/mol. The molecule has 0 aromatic carbocycles. The van der Waals surface area contributed by atoms with Crippen molar-refractivity contribution in [2.75, 3.05) is 65.6 Å². The standard InChI is InChI=1S/C53H103N3O7/c1-7-13-19-23-34-48(32-17-11-5)52(60)55(39-25-21-15-9-3)41-27-29-46-62-50(58)36-43-54(38-31-45-57)44-37-51(59)63-47-30-28-42-56(40-26-22-16-10-4)53(61)49(33-18-12-6)35-24-20-14-8-2/h48-49,57H,7-47H2,1-6H3. The molecule has 2 amide bonds. The average molecular weight is 894 g/mol. The number of aliphatic hydroxyl groups is 1. The molecule has 0 saturated carbocycles. The van der Waals surface area contributed by atoms with Gasteiger partial charge in [-0.2, -0.15) is 0 Å². The fourth-order valence-corrected chi connectivity index (χ4v) is 8.41. The van der Waals surface area contributed by atoms with E-state index in [9.17, 15) is 24.3 Å². The van der Waals surface area contributed by atoms with Crippen molar-refractivity contribution < 1.29 is 33.8 Å². The molecule has 10 heteroatoms. The highest BCUT2D eigenvalue weighted by molar-refractivity contribution is 5.79. The number of hydrogen-bond acceptors (Lipinski definition) is 8. The molecule has 0 heterocycles. The van der Waals surface area contributed by atoms with Crippen LogP contribution in [0.5, 0.6) is 0 Å². The van der Waals surface area contributed by atoms with Crippen LogP contribution >= 0.6 is 0 Å².